The Labute approximate surface area is 204 Å². The van der Waals surface area contributed by atoms with Gasteiger partial charge in [0.15, 0.2) is 9.84 Å². The average molecular weight is 494 g/mol. The van der Waals surface area contributed by atoms with Crippen molar-refractivity contribution in [1.82, 2.24) is 5.32 Å². The van der Waals surface area contributed by atoms with E-state index in [1.807, 2.05) is 12.1 Å². The molecule has 0 aliphatic heterocycles. The summed E-state index contributed by atoms with van der Waals surface area (Å²) in [5.41, 5.74) is 3.57. The molecule has 0 saturated carbocycles. The zero-order valence-corrected chi connectivity index (χ0v) is 20.5. The monoisotopic (exact) mass is 493 g/mol. The Bertz CT molecular complexity index is 1370. The van der Waals surface area contributed by atoms with Gasteiger partial charge in [-0.25, -0.2) is 8.42 Å². The second-order valence-electron chi connectivity index (χ2n) is 8.17. The normalized spacial score (nSPS) is 10.9. The van der Waals surface area contributed by atoms with E-state index in [1.165, 1.54) is 25.1 Å². The Hall–Kier alpha value is -3.98. The van der Waals surface area contributed by atoms with E-state index >= 15 is 0 Å². The van der Waals surface area contributed by atoms with E-state index in [-0.39, 0.29) is 22.3 Å². The molecule has 3 aromatic rings. The van der Waals surface area contributed by atoms with Crippen LogP contribution in [0.15, 0.2) is 71.6 Å². The molecule has 0 spiro atoms. The highest BCUT2D eigenvalue weighted by atomic mass is 32.2. The molecule has 0 aromatic heterocycles. The number of carbonyl (C=O) groups excluding carboxylic acids is 3. The van der Waals surface area contributed by atoms with Gasteiger partial charge in [0, 0.05) is 42.2 Å². The highest BCUT2D eigenvalue weighted by Gasteiger charge is 2.13. The lowest BCUT2D eigenvalue weighted by Gasteiger charge is -2.12. The van der Waals surface area contributed by atoms with Crippen molar-refractivity contribution in [2.45, 2.75) is 25.2 Å². The molecule has 9 heteroatoms. The predicted octanol–water partition coefficient (Wildman–Crippen LogP) is 3.58. The first kappa shape index (κ1) is 25.6. The van der Waals surface area contributed by atoms with Crippen molar-refractivity contribution in [2.24, 2.45) is 0 Å². The number of anilines is 2. The lowest BCUT2D eigenvalue weighted by Crippen LogP contribution is -2.22. The van der Waals surface area contributed by atoms with E-state index in [0.29, 0.717) is 29.9 Å². The first-order chi connectivity index (χ1) is 16.5. The summed E-state index contributed by atoms with van der Waals surface area (Å²) in [6, 6.07) is 18.1. The lowest BCUT2D eigenvalue weighted by atomic mass is 10.1. The minimum absolute atomic E-state index is 0.0701. The first-order valence-corrected chi connectivity index (χ1v) is 12.8. The molecule has 0 bridgehead atoms. The van der Waals surface area contributed by atoms with Crippen molar-refractivity contribution >= 4 is 38.9 Å². The van der Waals surface area contributed by atoms with Crippen molar-refractivity contribution < 1.29 is 22.8 Å². The molecule has 8 nitrogen and oxygen atoms in total. The molecule has 0 aliphatic carbocycles. The molecule has 3 rings (SSSR count). The summed E-state index contributed by atoms with van der Waals surface area (Å²) in [7, 11) is -3.43. The topological polar surface area (TPSA) is 121 Å². The summed E-state index contributed by atoms with van der Waals surface area (Å²) >= 11 is 0. The van der Waals surface area contributed by atoms with Gasteiger partial charge in [-0.1, -0.05) is 18.2 Å². The van der Waals surface area contributed by atoms with Crippen molar-refractivity contribution in [3.63, 3.8) is 0 Å². The van der Waals surface area contributed by atoms with Gasteiger partial charge in [0.25, 0.3) is 11.8 Å². The highest BCUT2D eigenvalue weighted by molar-refractivity contribution is 7.90. The minimum atomic E-state index is -3.43. The molecule has 0 atom stereocenters. The van der Waals surface area contributed by atoms with Gasteiger partial charge in [-0.15, -0.1) is 0 Å². The molecule has 35 heavy (non-hydrogen) atoms. The van der Waals surface area contributed by atoms with Gasteiger partial charge < -0.3 is 16.0 Å². The molecule has 3 N–H and O–H groups in total. The van der Waals surface area contributed by atoms with E-state index < -0.39 is 15.7 Å². The summed E-state index contributed by atoms with van der Waals surface area (Å²) in [5.74, 6) is -0.788. The maximum Gasteiger partial charge on any atom is 0.255 e. The molecule has 3 amide bonds. The third-order valence-electron chi connectivity index (χ3n) is 5.26. The van der Waals surface area contributed by atoms with Crippen LogP contribution < -0.4 is 16.0 Å². The number of sulfone groups is 1. The molecular formula is C26H27N3O5S. The summed E-state index contributed by atoms with van der Waals surface area (Å²) in [6.45, 7) is 3.80. The maximum atomic E-state index is 12.6. The molecule has 182 valence electrons. The number of benzene rings is 3. The fraction of sp³-hybridized carbons (Fsp3) is 0.192. The molecular weight excluding hydrogens is 466 g/mol. The number of aryl methyl sites for hydroxylation is 1. The van der Waals surface area contributed by atoms with E-state index in [2.05, 4.69) is 16.0 Å². The molecule has 0 saturated heterocycles. The van der Waals surface area contributed by atoms with Gasteiger partial charge in [0.2, 0.25) is 5.91 Å². The Kier molecular flexibility index (Phi) is 8.03. The number of rotatable bonds is 8. The van der Waals surface area contributed by atoms with Gasteiger partial charge in [0.05, 0.1) is 4.90 Å². The minimum Gasteiger partial charge on any atom is -0.356 e. The second-order valence-corrected chi connectivity index (χ2v) is 10.2. The Morgan fingerprint density at radius 2 is 1.51 bits per heavy atom. The van der Waals surface area contributed by atoms with E-state index in [4.69, 9.17) is 0 Å². The molecule has 0 unspecified atom stereocenters. The fourth-order valence-electron chi connectivity index (χ4n) is 3.35. The van der Waals surface area contributed by atoms with Crippen molar-refractivity contribution in [2.75, 3.05) is 23.4 Å². The van der Waals surface area contributed by atoms with Gasteiger partial charge >= 0.3 is 0 Å². The standard InChI is InChI=1S/C26H27N3O5S/c1-17-15-22(28-25(31)20-9-7-19(8-10-20)13-14-27-18(2)30)11-12-24(17)29-26(32)21-5-4-6-23(16-21)35(3,33)34/h4-12,15-16H,13-14H2,1-3H3,(H,27,30)(H,28,31)(H,29,32). The van der Waals surface area contributed by atoms with E-state index in [1.54, 1.807) is 43.3 Å². The Balaban J connectivity index is 1.63. The van der Waals surface area contributed by atoms with Crippen LogP contribution in [0.2, 0.25) is 0 Å². The third kappa shape index (κ3) is 7.25. The van der Waals surface area contributed by atoms with Crippen LogP contribution in [-0.2, 0) is 21.1 Å². The number of nitrogens with one attached hydrogen (secondary N) is 3. The molecule has 3 aromatic carbocycles. The molecule has 0 aliphatic rings. The van der Waals surface area contributed by atoms with Crippen LogP contribution in [0.1, 0.15) is 38.8 Å². The summed E-state index contributed by atoms with van der Waals surface area (Å²) in [6.07, 6.45) is 1.76. The summed E-state index contributed by atoms with van der Waals surface area (Å²) in [5, 5.41) is 8.35. The van der Waals surface area contributed by atoms with Crippen LogP contribution in [-0.4, -0.2) is 38.9 Å². The van der Waals surface area contributed by atoms with Gasteiger partial charge in [0.1, 0.15) is 0 Å². The van der Waals surface area contributed by atoms with Crippen LogP contribution >= 0.6 is 0 Å². The third-order valence-corrected chi connectivity index (χ3v) is 6.37. The molecule has 0 heterocycles. The van der Waals surface area contributed by atoms with Gasteiger partial charge in [-0.3, -0.25) is 14.4 Å². The summed E-state index contributed by atoms with van der Waals surface area (Å²) < 4.78 is 23.5. The lowest BCUT2D eigenvalue weighted by molar-refractivity contribution is -0.118. The SMILES string of the molecule is CC(=O)NCCc1ccc(C(=O)Nc2ccc(NC(=O)c3cccc(S(C)(=O)=O)c3)c(C)c2)cc1. The van der Waals surface area contributed by atoms with Crippen LogP contribution in [0.4, 0.5) is 11.4 Å². The number of amides is 3. The summed E-state index contributed by atoms with van der Waals surface area (Å²) in [4.78, 5) is 36.3. The van der Waals surface area contributed by atoms with Crippen LogP contribution in [0.3, 0.4) is 0 Å². The maximum absolute atomic E-state index is 12.6. The van der Waals surface area contributed by atoms with Crippen LogP contribution in [0, 0.1) is 6.92 Å². The average Bonchev–Trinajstić information content (AvgIpc) is 2.80. The van der Waals surface area contributed by atoms with Gasteiger partial charge in [-0.2, -0.15) is 0 Å². The Morgan fingerprint density at radius 1 is 0.829 bits per heavy atom. The molecule has 0 fully saturated rings. The molecule has 0 radical (unpaired) electrons. The highest BCUT2D eigenvalue weighted by Crippen LogP contribution is 2.22. The largest absolute Gasteiger partial charge is 0.356 e. The zero-order valence-electron chi connectivity index (χ0n) is 19.7. The van der Waals surface area contributed by atoms with Crippen molar-refractivity contribution in [3.05, 3.63) is 89.0 Å². The van der Waals surface area contributed by atoms with Crippen molar-refractivity contribution in [1.29, 1.82) is 0 Å². The van der Waals surface area contributed by atoms with E-state index in [0.717, 1.165) is 17.4 Å². The van der Waals surface area contributed by atoms with Crippen LogP contribution in [0.5, 0.6) is 0 Å². The zero-order chi connectivity index (χ0) is 25.6. The quantitative estimate of drug-likeness (QED) is 0.443. The number of hydrogen-bond acceptors (Lipinski definition) is 5. The van der Waals surface area contributed by atoms with Gasteiger partial charge in [-0.05, 0) is 73.0 Å². The predicted molar refractivity (Wildman–Crippen MR) is 135 cm³/mol. The van der Waals surface area contributed by atoms with Crippen molar-refractivity contribution in [3.8, 4) is 0 Å². The second kappa shape index (κ2) is 11.0. The fourth-order valence-corrected chi connectivity index (χ4v) is 4.02. The number of hydrogen-bond donors (Lipinski definition) is 3. The van der Waals surface area contributed by atoms with E-state index in [9.17, 15) is 22.8 Å². The Morgan fingerprint density at radius 3 is 2.14 bits per heavy atom. The van der Waals surface area contributed by atoms with Crippen LogP contribution in [0.25, 0.3) is 0 Å². The smallest absolute Gasteiger partial charge is 0.255 e. The first-order valence-electron chi connectivity index (χ1n) is 10.9. The number of carbonyl (C=O) groups is 3.